The fraction of sp³-hybridized carbons (Fsp3) is 0.333. The van der Waals surface area contributed by atoms with Gasteiger partial charge in [-0.1, -0.05) is 0 Å². The van der Waals surface area contributed by atoms with Gasteiger partial charge in [-0.2, -0.15) is 5.10 Å². The third-order valence-electron chi connectivity index (χ3n) is 1.28. The number of anilines is 2. The van der Waals surface area contributed by atoms with E-state index in [0.717, 1.165) is 0 Å². The number of nitrogen functional groups attached to an aromatic ring is 1. The second kappa shape index (κ2) is 2.50. The van der Waals surface area contributed by atoms with Crippen LogP contribution in [0.2, 0.25) is 0 Å². The van der Waals surface area contributed by atoms with Crippen LogP contribution in [0.1, 0.15) is 0 Å². The van der Waals surface area contributed by atoms with E-state index in [9.17, 15) is 0 Å². The molecule has 1 heterocycles. The van der Waals surface area contributed by atoms with Gasteiger partial charge in [0.15, 0.2) is 5.82 Å². The third-order valence-corrected chi connectivity index (χ3v) is 1.28. The van der Waals surface area contributed by atoms with Crippen LogP contribution in [0, 0.1) is 6.57 Å². The third kappa shape index (κ3) is 1.10. The number of hydrogen-bond donors (Lipinski definition) is 2. The Hall–Kier alpha value is -1.70. The van der Waals surface area contributed by atoms with Gasteiger partial charge >= 0.3 is 0 Å². The van der Waals surface area contributed by atoms with Crippen molar-refractivity contribution in [3.05, 3.63) is 11.4 Å². The number of nitrogens with two attached hydrogens (primary N) is 1. The minimum Gasteiger partial charge on any atom is -0.393 e. The minimum absolute atomic E-state index is 0.323. The Kier molecular flexibility index (Phi) is 1.68. The average Bonchev–Trinajstić information content (AvgIpc) is 2.30. The van der Waals surface area contributed by atoms with Gasteiger partial charge in [0, 0.05) is 14.1 Å². The summed E-state index contributed by atoms with van der Waals surface area (Å²) in [5.41, 5.74) is 5.82. The lowest BCUT2D eigenvalue weighted by atomic mass is 10.4. The van der Waals surface area contributed by atoms with Crippen LogP contribution >= 0.6 is 0 Å². The van der Waals surface area contributed by atoms with Gasteiger partial charge in [0.25, 0.3) is 5.69 Å². The fourth-order valence-corrected chi connectivity index (χ4v) is 0.762. The summed E-state index contributed by atoms with van der Waals surface area (Å²) >= 11 is 0. The normalized spacial score (nSPS) is 9.18. The number of rotatable bonds is 1. The molecule has 5 nitrogen and oxygen atoms in total. The molecule has 0 bridgehead atoms. The molecule has 58 valence electrons. The number of nitrogens with zero attached hydrogens (tertiary/aromatic N) is 3. The summed E-state index contributed by atoms with van der Waals surface area (Å²) < 4.78 is 0. The van der Waals surface area contributed by atoms with E-state index in [1.54, 1.807) is 4.90 Å². The van der Waals surface area contributed by atoms with Crippen LogP contribution in [0.4, 0.5) is 17.3 Å². The van der Waals surface area contributed by atoms with E-state index in [1.165, 1.54) is 0 Å². The van der Waals surface area contributed by atoms with Gasteiger partial charge in [0.1, 0.15) is 5.82 Å². The van der Waals surface area contributed by atoms with Crippen LogP contribution in [-0.2, 0) is 0 Å². The zero-order chi connectivity index (χ0) is 8.43. The molecule has 0 saturated heterocycles. The molecule has 0 spiro atoms. The summed E-state index contributed by atoms with van der Waals surface area (Å²) in [6.07, 6.45) is 0. The highest BCUT2D eigenvalue weighted by molar-refractivity contribution is 5.77. The lowest BCUT2D eigenvalue weighted by Crippen LogP contribution is -2.08. The van der Waals surface area contributed by atoms with Crippen molar-refractivity contribution >= 4 is 17.3 Å². The second-order valence-electron chi connectivity index (χ2n) is 2.32. The molecule has 0 radical (unpaired) electrons. The van der Waals surface area contributed by atoms with Crippen molar-refractivity contribution in [1.29, 1.82) is 0 Å². The summed E-state index contributed by atoms with van der Waals surface area (Å²) in [6, 6.07) is 0. The summed E-state index contributed by atoms with van der Waals surface area (Å²) in [4.78, 5) is 4.98. The van der Waals surface area contributed by atoms with E-state index >= 15 is 0 Å². The molecule has 0 amide bonds. The Morgan fingerprint density at radius 1 is 1.64 bits per heavy atom. The number of H-pyrrole nitrogens is 1. The predicted molar refractivity (Wildman–Crippen MR) is 43.6 cm³/mol. The molecule has 0 unspecified atom stereocenters. The number of nitrogens with one attached hydrogen (secondary N) is 1. The smallest absolute Gasteiger partial charge is 0.270 e. The molecular formula is C6H9N5. The van der Waals surface area contributed by atoms with Gasteiger partial charge in [0.05, 0.1) is 6.57 Å². The lowest BCUT2D eigenvalue weighted by molar-refractivity contribution is 1.02. The van der Waals surface area contributed by atoms with E-state index in [4.69, 9.17) is 12.3 Å². The maximum Gasteiger partial charge on any atom is 0.270 e. The molecule has 0 aliphatic rings. The van der Waals surface area contributed by atoms with Crippen LogP contribution < -0.4 is 10.6 Å². The summed E-state index contributed by atoms with van der Waals surface area (Å²) in [5, 5.41) is 6.39. The van der Waals surface area contributed by atoms with Crippen LogP contribution in [0.3, 0.4) is 0 Å². The fourth-order valence-electron chi connectivity index (χ4n) is 0.762. The number of aromatic amines is 1. The first-order chi connectivity index (χ1) is 5.16. The summed E-state index contributed by atoms with van der Waals surface area (Å²) in [5.74, 6) is 0.904. The standard InChI is InChI=1S/C6H9N5/c1-8-4-5(7)9-10-6(4)11(2)3/h2-3H3,(H3,7,9,10). The van der Waals surface area contributed by atoms with E-state index in [-0.39, 0.29) is 0 Å². The van der Waals surface area contributed by atoms with Gasteiger partial charge in [-0.05, 0) is 0 Å². The Labute approximate surface area is 64.6 Å². The summed E-state index contributed by atoms with van der Waals surface area (Å²) in [7, 11) is 3.62. The monoisotopic (exact) mass is 151 g/mol. The maximum absolute atomic E-state index is 6.79. The predicted octanol–water partition coefficient (Wildman–Crippen LogP) is 0.609. The van der Waals surface area contributed by atoms with E-state index in [1.807, 2.05) is 14.1 Å². The molecule has 0 atom stereocenters. The van der Waals surface area contributed by atoms with Gasteiger partial charge < -0.3 is 10.6 Å². The first kappa shape index (κ1) is 7.41. The molecule has 0 aliphatic carbocycles. The van der Waals surface area contributed by atoms with Gasteiger partial charge in [-0.3, -0.25) is 5.10 Å². The van der Waals surface area contributed by atoms with Crippen molar-refractivity contribution < 1.29 is 0 Å². The Bertz CT molecular complexity index is 292. The molecule has 0 aliphatic heterocycles. The van der Waals surface area contributed by atoms with Gasteiger partial charge in [0.2, 0.25) is 0 Å². The Morgan fingerprint density at radius 2 is 2.27 bits per heavy atom. The molecule has 1 aromatic rings. The van der Waals surface area contributed by atoms with Crippen molar-refractivity contribution in [3.63, 3.8) is 0 Å². The van der Waals surface area contributed by atoms with Gasteiger partial charge in [-0.25, -0.2) is 4.85 Å². The molecule has 0 saturated carbocycles. The zero-order valence-electron chi connectivity index (χ0n) is 6.42. The molecule has 0 fully saturated rings. The van der Waals surface area contributed by atoms with Crippen LogP contribution in [0.25, 0.3) is 4.85 Å². The highest BCUT2D eigenvalue weighted by Gasteiger charge is 2.11. The topological polar surface area (TPSA) is 62.3 Å². The Morgan fingerprint density at radius 3 is 2.64 bits per heavy atom. The first-order valence-corrected chi connectivity index (χ1v) is 3.05. The van der Waals surface area contributed by atoms with Crippen molar-refractivity contribution in [2.45, 2.75) is 0 Å². The Balaban J connectivity index is 3.19. The first-order valence-electron chi connectivity index (χ1n) is 3.05. The largest absolute Gasteiger partial charge is 0.393 e. The number of hydrogen-bond acceptors (Lipinski definition) is 3. The van der Waals surface area contributed by atoms with Crippen molar-refractivity contribution in [2.24, 2.45) is 0 Å². The van der Waals surface area contributed by atoms with Crippen molar-refractivity contribution in [3.8, 4) is 0 Å². The zero-order valence-corrected chi connectivity index (χ0v) is 6.42. The van der Waals surface area contributed by atoms with E-state index in [0.29, 0.717) is 17.3 Å². The molecule has 3 N–H and O–H groups in total. The van der Waals surface area contributed by atoms with Crippen molar-refractivity contribution in [2.75, 3.05) is 24.7 Å². The second-order valence-corrected chi connectivity index (χ2v) is 2.32. The van der Waals surface area contributed by atoms with Gasteiger partial charge in [-0.15, -0.1) is 0 Å². The highest BCUT2D eigenvalue weighted by atomic mass is 15.3. The quantitative estimate of drug-likeness (QED) is 0.578. The maximum atomic E-state index is 6.79. The van der Waals surface area contributed by atoms with Crippen LogP contribution in [-0.4, -0.2) is 24.3 Å². The molecule has 5 heteroatoms. The summed E-state index contributed by atoms with van der Waals surface area (Å²) in [6.45, 7) is 6.79. The molecular weight excluding hydrogens is 142 g/mol. The van der Waals surface area contributed by atoms with E-state index in [2.05, 4.69) is 15.0 Å². The number of aromatic nitrogens is 2. The van der Waals surface area contributed by atoms with E-state index < -0.39 is 0 Å². The highest BCUT2D eigenvalue weighted by Crippen LogP contribution is 2.29. The molecule has 1 rings (SSSR count). The molecule has 11 heavy (non-hydrogen) atoms. The molecule has 1 aromatic heterocycles. The van der Waals surface area contributed by atoms with Crippen LogP contribution in [0.5, 0.6) is 0 Å². The van der Waals surface area contributed by atoms with Crippen molar-refractivity contribution in [1.82, 2.24) is 10.2 Å². The SMILES string of the molecule is [C-]#[N+]c1c(N(C)C)n[nH]c1N. The lowest BCUT2D eigenvalue weighted by Gasteiger charge is -2.07. The van der Waals surface area contributed by atoms with Crippen LogP contribution in [0.15, 0.2) is 0 Å². The molecule has 0 aromatic carbocycles. The minimum atomic E-state index is 0.323. The average molecular weight is 151 g/mol.